The van der Waals surface area contributed by atoms with Gasteiger partial charge in [-0.15, -0.1) is 0 Å². The Balaban J connectivity index is 2.39. The predicted octanol–water partition coefficient (Wildman–Crippen LogP) is 2.71. The van der Waals surface area contributed by atoms with Gasteiger partial charge in [0.05, 0.1) is 5.69 Å². The molecule has 2 heteroatoms. The van der Waals surface area contributed by atoms with Gasteiger partial charge in [-0.3, -0.25) is 4.98 Å². The van der Waals surface area contributed by atoms with Crippen LogP contribution in [0.25, 0.3) is 11.3 Å². The molecule has 0 amide bonds. The summed E-state index contributed by atoms with van der Waals surface area (Å²) < 4.78 is 0. The van der Waals surface area contributed by atoms with Crippen molar-refractivity contribution in [2.75, 3.05) is 0 Å². The van der Waals surface area contributed by atoms with Gasteiger partial charge < -0.3 is 5.11 Å². The standard InChI is InChI=1S/C14H13NO/c1-2-14(16)11-7-4-3-6-10(11)13-12(14)8-5-9-15-13/h3-9,16H,2H2,1H3/t14-/m1/s1. The molecule has 1 aromatic carbocycles. The van der Waals surface area contributed by atoms with Gasteiger partial charge in [-0.05, 0) is 18.1 Å². The first kappa shape index (κ1) is 9.55. The third-order valence-electron chi connectivity index (χ3n) is 3.39. The van der Waals surface area contributed by atoms with Gasteiger partial charge >= 0.3 is 0 Å². The lowest BCUT2D eigenvalue weighted by molar-refractivity contribution is 0.0812. The summed E-state index contributed by atoms with van der Waals surface area (Å²) in [6, 6.07) is 11.8. The Kier molecular flexibility index (Phi) is 1.88. The molecule has 0 radical (unpaired) electrons. The van der Waals surface area contributed by atoms with Crippen LogP contribution in [0.3, 0.4) is 0 Å². The summed E-state index contributed by atoms with van der Waals surface area (Å²) in [4.78, 5) is 4.38. The molecule has 16 heavy (non-hydrogen) atoms. The zero-order chi connectivity index (χ0) is 11.2. The first-order valence-corrected chi connectivity index (χ1v) is 5.55. The molecule has 2 nitrogen and oxygen atoms in total. The summed E-state index contributed by atoms with van der Waals surface area (Å²) in [7, 11) is 0. The van der Waals surface area contributed by atoms with E-state index in [0.29, 0.717) is 6.42 Å². The van der Waals surface area contributed by atoms with E-state index in [0.717, 1.165) is 22.4 Å². The number of nitrogens with zero attached hydrogens (tertiary/aromatic N) is 1. The minimum atomic E-state index is -0.861. The van der Waals surface area contributed by atoms with Crippen LogP contribution in [0.1, 0.15) is 24.5 Å². The molecule has 1 heterocycles. The minimum absolute atomic E-state index is 0.669. The second kappa shape index (κ2) is 3.16. The van der Waals surface area contributed by atoms with E-state index < -0.39 is 5.60 Å². The third-order valence-corrected chi connectivity index (χ3v) is 3.39. The van der Waals surface area contributed by atoms with Gasteiger partial charge in [0.25, 0.3) is 0 Å². The molecule has 80 valence electrons. The lowest BCUT2D eigenvalue weighted by Gasteiger charge is -2.23. The average molecular weight is 211 g/mol. The van der Waals surface area contributed by atoms with E-state index in [1.807, 2.05) is 43.3 Å². The Morgan fingerprint density at radius 2 is 1.88 bits per heavy atom. The predicted molar refractivity (Wildman–Crippen MR) is 63.0 cm³/mol. The van der Waals surface area contributed by atoms with Crippen LogP contribution < -0.4 is 0 Å². The van der Waals surface area contributed by atoms with Gasteiger partial charge in [-0.25, -0.2) is 0 Å². The first-order valence-electron chi connectivity index (χ1n) is 5.55. The van der Waals surface area contributed by atoms with Crippen LogP contribution in [0.15, 0.2) is 42.6 Å². The number of rotatable bonds is 1. The summed E-state index contributed by atoms with van der Waals surface area (Å²) in [6.45, 7) is 2.00. The molecule has 2 aromatic rings. The van der Waals surface area contributed by atoms with E-state index in [4.69, 9.17) is 0 Å². The van der Waals surface area contributed by atoms with Gasteiger partial charge in [-0.1, -0.05) is 37.3 Å². The molecule has 0 bridgehead atoms. The van der Waals surface area contributed by atoms with E-state index in [9.17, 15) is 5.11 Å². The molecule has 0 unspecified atom stereocenters. The van der Waals surface area contributed by atoms with Crippen LogP contribution in [0.5, 0.6) is 0 Å². The van der Waals surface area contributed by atoms with Crippen molar-refractivity contribution in [1.82, 2.24) is 4.98 Å². The SMILES string of the molecule is CC[C@@]1(O)c2ccccc2-c2ncccc21. The molecule has 3 rings (SSSR count). The molecular weight excluding hydrogens is 198 g/mol. The molecule has 1 aliphatic rings. The third kappa shape index (κ3) is 1.02. The van der Waals surface area contributed by atoms with Crippen molar-refractivity contribution >= 4 is 0 Å². The van der Waals surface area contributed by atoms with Crippen molar-refractivity contribution in [2.45, 2.75) is 18.9 Å². The zero-order valence-corrected chi connectivity index (χ0v) is 9.14. The molecule has 1 N–H and O–H groups in total. The van der Waals surface area contributed by atoms with Crippen molar-refractivity contribution in [3.8, 4) is 11.3 Å². The van der Waals surface area contributed by atoms with Gasteiger partial charge in [0, 0.05) is 17.3 Å². The molecule has 1 aromatic heterocycles. The highest BCUT2D eigenvalue weighted by atomic mass is 16.3. The molecule has 1 aliphatic carbocycles. The quantitative estimate of drug-likeness (QED) is 0.786. The summed E-state index contributed by atoms with van der Waals surface area (Å²) in [5, 5.41) is 10.8. The lowest BCUT2D eigenvalue weighted by Crippen LogP contribution is -2.23. The van der Waals surface area contributed by atoms with Crippen molar-refractivity contribution < 1.29 is 5.11 Å². The second-order valence-electron chi connectivity index (χ2n) is 4.16. The van der Waals surface area contributed by atoms with E-state index in [2.05, 4.69) is 4.98 Å². The smallest absolute Gasteiger partial charge is 0.117 e. The van der Waals surface area contributed by atoms with Gasteiger partial charge in [0.15, 0.2) is 0 Å². The normalized spacial score (nSPS) is 21.6. The first-order chi connectivity index (χ1) is 7.77. The molecule has 0 fully saturated rings. The van der Waals surface area contributed by atoms with E-state index >= 15 is 0 Å². The minimum Gasteiger partial charge on any atom is -0.380 e. The molecule has 0 saturated carbocycles. The van der Waals surface area contributed by atoms with E-state index in [-0.39, 0.29) is 0 Å². The summed E-state index contributed by atoms with van der Waals surface area (Å²) in [5.74, 6) is 0. The molecule has 0 aliphatic heterocycles. The Hall–Kier alpha value is -1.67. The maximum Gasteiger partial charge on any atom is 0.117 e. The Labute approximate surface area is 94.6 Å². The van der Waals surface area contributed by atoms with Gasteiger partial charge in [0.2, 0.25) is 0 Å². The topological polar surface area (TPSA) is 33.1 Å². The molecule has 0 saturated heterocycles. The monoisotopic (exact) mass is 211 g/mol. The van der Waals surface area contributed by atoms with Crippen LogP contribution in [-0.4, -0.2) is 10.1 Å². The van der Waals surface area contributed by atoms with E-state index in [1.165, 1.54) is 0 Å². The number of fused-ring (bicyclic) bond motifs is 3. The Morgan fingerprint density at radius 3 is 2.69 bits per heavy atom. The van der Waals surface area contributed by atoms with Crippen LogP contribution in [0.4, 0.5) is 0 Å². The number of hydrogen-bond acceptors (Lipinski definition) is 2. The fourth-order valence-electron chi connectivity index (χ4n) is 2.53. The van der Waals surface area contributed by atoms with Crippen molar-refractivity contribution in [2.24, 2.45) is 0 Å². The summed E-state index contributed by atoms with van der Waals surface area (Å²) >= 11 is 0. The highest BCUT2D eigenvalue weighted by Gasteiger charge is 2.40. The molecule has 0 spiro atoms. The van der Waals surface area contributed by atoms with Crippen molar-refractivity contribution in [3.63, 3.8) is 0 Å². The number of hydrogen-bond donors (Lipinski definition) is 1. The Morgan fingerprint density at radius 1 is 1.12 bits per heavy atom. The van der Waals surface area contributed by atoms with Crippen LogP contribution in [0, 0.1) is 0 Å². The fraction of sp³-hybridized carbons (Fsp3) is 0.214. The number of benzene rings is 1. The molecular formula is C14H13NO. The number of aliphatic hydroxyl groups is 1. The largest absolute Gasteiger partial charge is 0.380 e. The highest BCUT2D eigenvalue weighted by Crippen LogP contribution is 2.47. The van der Waals surface area contributed by atoms with Gasteiger partial charge in [0.1, 0.15) is 5.60 Å². The maximum atomic E-state index is 10.8. The summed E-state index contributed by atoms with van der Waals surface area (Å²) in [6.07, 6.45) is 2.44. The lowest BCUT2D eigenvalue weighted by atomic mass is 9.89. The fourth-order valence-corrected chi connectivity index (χ4v) is 2.53. The van der Waals surface area contributed by atoms with Crippen molar-refractivity contribution in [3.05, 3.63) is 53.7 Å². The van der Waals surface area contributed by atoms with Crippen molar-refractivity contribution in [1.29, 1.82) is 0 Å². The average Bonchev–Trinajstić information content (AvgIpc) is 2.62. The number of pyridine rings is 1. The van der Waals surface area contributed by atoms with Crippen LogP contribution in [0.2, 0.25) is 0 Å². The van der Waals surface area contributed by atoms with Crippen LogP contribution in [-0.2, 0) is 5.60 Å². The Bertz CT molecular complexity index is 502. The molecule has 1 atom stereocenters. The highest BCUT2D eigenvalue weighted by molar-refractivity contribution is 5.76. The van der Waals surface area contributed by atoms with Gasteiger partial charge in [-0.2, -0.15) is 0 Å². The zero-order valence-electron chi connectivity index (χ0n) is 9.14. The number of aromatic nitrogens is 1. The second-order valence-corrected chi connectivity index (χ2v) is 4.16. The summed E-state index contributed by atoms with van der Waals surface area (Å²) in [5.41, 5.74) is 3.02. The van der Waals surface area contributed by atoms with E-state index in [1.54, 1.807) is 6.20 Å². The maximum absolute atomic E-state index is 10.8. The van der Waals surface area contributed by atoms with Crippen LogP contribution >= 0.6 is 0 Å².